The fourth-order valence-electron chi connectivity index (χ4n) is 2.39. The van der Waals surface area contributed by atoms with Crippen molar-refractivity contribution in [3.05, 3.63) is 54.2 Å². The summed E-state index contributed by atoms with van der Waals surface area (Å²) in [5, 5.41) is -0.139. The first-order valence-electron chi connectivity index (χ1n) is 8.01. The van der Waals surface area contributed by atoms with Gasteiger partial charge in [-0.05, 0) is 44.2 Å². The monoisotopic (exact) mass is 422 g/mol. The molecule has 3 rings (SSSR count). The van der Waals surface area contributed by atoms with Crippen molar-refractivity contribution in [3.63, 3.8) is 0 Å². The molecule has 0 amide bonds. The third kappa shape index (κ3) is 4.46. The molecule has 0 radical (unpaired) electrons. The van der Waals surface area contributed by atoms with Crippen LogP contribution in [0.25, 0.3) is 0 Å². The average molecular weight is 422 g/mol. The molecule has 0 fully saturated rings. The van der Waals surface area contributed by atoms with Gasteiger partial charge in [-0.1, -0.05) is 0 Å². The molecule has 0 aliphatic carbocycles. The molecule has 0 saturated carbocycles. The van der Waals surface area contributed by atoms with E-state index in [1.807, 2.05) is 0 Å². The fourth-order valence-corrected chi connectivity index (χ4v) is 4.37. The van der Waals surface area contributed by atoms with E-state index >= 15 is 0 Å². The summed E-state index contributed by atoms with van der Waals surface area (Å²) in [6, 6.07) is 6.97. The van der Waals surface area contributed by atoms with Crippen LogP contribution in [0.2, 0.25) is 0 Å². The Morgan fingerprint density at radius 2 is 1.50 bits per heavy atom. The van der Waals surface area contributed by atoms with E-state index in [9.17, 15) is 16.8 Å². The molecule has 0 aliphatic rings. The smallest absolute Gasteiger partial charge is 0.280 e. The Balaban J connectivity index is 1.79. The van der Waals surface area contributed by atoms with Gasteiger partial charge in [-0.25, -0.2) is 28.1 Å². The first-order valence-corrected chi connectivity index (χ1v) is 11.0. The van der Waals surface area contributed by atoms with Gasteiger partial charge in [-0.2, -0.15) is 8.42 Å². The molecule has 12 heteroatoms. The van der Waals surface area contributed by atoms with Crippen LogP contribution >= 0.6 is 0 Å². The maximum absolute atomic E-state index is 12.5. The van der Waals surface area contributed by atoms with Crippen LogP contribution in [0.1, 0.15) is 11.4 Å². The van der Waals surface area contributed by atoms with Crippen LogP contribution in [-0.2, 0) is 27.1 Å². The zero-order chi connectivity index (χ0) is 20.5. The number of anilines is 2. The van der Waals surface area contributed by atoms with Gasteiger partial charge in [0, 0.05) is 30.3 Å². The highest BCUT2D eigenvalue weighted by atomic mass is 32.2. The molecule has 0 spiro atoms. The van der Waals surface area contributed by atoms with E-state index in [0.29, 0.717) is 11.4 Å². The number of rotatable bonds is 6. The van der Waals surface area contributed by atoms with Crippen molar-refractivity contribution in [1.29, 1.82) is 0 Å². The van der Waals surface area contributed by atoms with Crippen molar-refractivity contribution in [3.8, 4) is 0 Å². The van der Waals surface area contributed by atoms with E-state index in [-0.39, 0.29) is 21.6 Å². The van der Waals surface area contributed by atoms with E-state index in [1.165, 1.54) is 41.4 Å². The summed E-state index contributed by atoms with van der Waals surface area (Å²) in [7, 11) is -6.14. The molecule has 1 aromatic carbocycles. The lowest BCUT2D eigenvalue weighted by Gasteiger charge is -2.09. The summed E-state index contributed by atoms with van der Waals surface area (Å²) in [6.45, 7) is 3.46. The largest absolute Gasteiger partial charge is 0.339 e. The van der Waals surface area contributed by atoms with E-state index < -0.39 is 20.0 Å². The zero-order valence-electron chi connectivity index (χ0n) is 15.3. The van der Waals surface area contributed by atoms with E-state index in [1.54, 1.807) is 27.0 Å². The average Bonchev–Trinajstić information content (AvgIpc) is 3.01. The second-order valence-electron chi connectivity index (χ2n) is 6.09. The molecule has 3 aromatic rings. The Morgan fingerprint density at radius 1 is 0.893 bits per heavy atom. The van der Waals surface area contributed by atoms with Crippen molar-refractivity contribution >= 4 is 31.7 Å². The lowest BCUT2D eigenvalue weighted by Crippen LogP contribution is -2.16. The van der Waals surface area contributed by atoms with Gasteiger partial charge < -0.3 is 4.57 Å². The quantitative estimate of drug-likeness (QED) is 0.613. The number of nitrogens with one attached hydrogen (secondary N) is 2. The Kier molecular flexibility index (Phi) is 5.08. The second-order valence-corrected chi connectivity index (χ2v) is 9.40. The van der Waals surface area contributed by atoms with Crippen LogP contribution in [0.5, 0.6) is 0 Å². The van der Waals surface area contributed by atoms with E-state index in [0.717, 1.165) is 0 Å². The summed E-state index contributed by atoms with van der Waals surface area (Å²) in [5.41, 5.74) is 1.46. The van der Waals surface area contributed by atoms with E-state index in [2.05, 4.69) is 24.4 Å². The number of hydrogen-bond acceptors (Lipinski definition) is 7. The van der Waals surface area contributed by atoms with Crippen molar-refractivity contribution in [2.75, 3.05) is 9.44 Å². The number of sulfonamides is 2. The molecule has 10 nitrogen and oxygen atoms in total. The molecule has 2 heterocycles. The lowest BCUT2D eigenvalue weighted by molar-refractivity contribution is 0.597. The third-order valence-corrected chi connectivity index (χ3v) is 6.19. The highest BCUT2D eigenvalue weighted by Gasteiger charge is 2.19. The lowest BCUT2D eigenvalue weighted by atomic mass is 10.3. The van der Waals surface area contributed by atoms with Gasteiger partial charge in [0.2, 0.25) is 5.95 Å². The first kappa shape index (κ1) is 19.8. The van der Waals surface area contributed by atoms with Gasteiger partial charge in [0.05, 0.1) is 11.2 Å². The molecule has 28 heavy (non-hydrogen) atoms. The number of hydrogen-bond donors (Lipinski definition) is 2. The molecule has 0 saturated heterocycles. The minimum Gasteiger partial charge on any atom is -0.339 e. The van der Waals surface area contributed by atoms with Crippen LogP contribution < -0.4 is 9.44 Å². The Bertz CT molecular complexity index is 1200. The molecular weight excluding hydrogens is 404 g/mol. The number of benzene rings is 1. The maximum Gasteiger partial charge on any atom is 0.280 e. The highest BCUT2D eigenvalue weighted by Crippen LogP contribution is 2.19. The molecule has 2 aromatic heterocycles. The second kappa shape index (κ2) is 7.20. The Morgan fingerprint density at radius 3 is 2.04 bits per heavy atom. The summed E-state index contributed by atoms with van der Waals surface area (Å²) >= 11 is 0. The van der Waals surface area contributed by atoms with Gasteiger partial charge in [-0.3, -0.25) is 4.72 Å². The normalized spacial score (nSPS) is 12.0. The Hall–Kier alpha value is -2.99. The summed E-state index contributed by atoms with van der Waals surface area (Å²) in [5.74, 6) is -0.0302. The molecule has 2 N–H and O–H groups in total. The fraction of sp³-hybridized carbons (Fsp3) is 0.188. The summed E-state index contributed by atoms with van der Waals surface area (Å²) < 4.78 is 55.7. The summed E-state index contributed by atoms with van der Waals surface area (Å²) in [6.07, 6.45) is 2.72. The van der Waals surface area contributed by atoms with E-state index in [4.69, 9.17) is 0 Å². The van der Waals surface area contributed by atoms with Crippen LogP contribution in [-0.4, -0.2) is 36.4 Å². The van der Waals surface area contributed by atoms with Gasteiger partial charge >= 0.3 is 0 Å². The first-order chi connectivity index (χ1) is 13.0. The van der Waals surface area contributed by atoms with Crippen LogP contribution in [0.15, 0.2) is 52.8 Å². The predicted molar refractivity (Wildman–Crippen MR) is 103 cm³/mol. The number of aromatic nitrogens is 4. The van der Waals surface area contributed by atoms with Crippen molar-refractivity contribution < 1.29 is 16.8 Å². The summed E-state index contributed by atoms with van der Waals surface area (Å²) in [4.78, 5) is 11.8. The van der Waals surface area contributed by atoms with Crippen LogP contribution in [0.4, 0.5) is 11.6 Å². The highest BCUT2D eigenvalue weighted by molar-refractivity contribution is 7.93. The number of aryl methyl sites for hydroxylation is 3. The number of imidazole rings is 1. The van der Waals surface area contributed by atoms with Gasteiger partial charge in [0.25, 0.3) is 20.0 Å². The van der Waals surface area contributed by atoms with Gasteiger partial charge in [0.1, 0.15) is 0 Å². The zero-order valence-corrected chi connectivity index (χ0v) is 16.9. The van der Waals surface area contributed by atoms with Crippen LogP contribution in [0.3, 0.4) is 0 Å². The molecular formula is C16H18N6O4S2. The van der Waals surface area contributed by atoms with Gasteiger partial charge in [-0.15, -0.1) is 0 Å². The van der Waals surface area contributed by atoms with Crippen molar-refractivity contribution in [2.24, 2.45) is 7.05 Å². The topological polar surface area (TPSA) is 136 Å². The van der Waals surface area contributed by atoms with Gasteiger partial charge in [0.15, 0.2) is 5.03 Å². The van der Waals surface area contributed by atoms with Crippen LogP contribution in [0, 0.1) is 13.8 Å². The van der Waals surface area contributed by atoms with Crippen molar-refractivity contribution in [1.82, 2.24) is 19.5 Å². The third-order valence-electron chi connectivity index (χ3n) is 3.58. The predicted octanol–water partition coefficient (Wildman–Crippen LogP) is 1.43. The van der Waals surface area contributed by atoms with Crippen molar-refractivity contribution in [2.45, 2.75) is 23.8 Å². The minimum atomic E-state index is -3.92. The molecule has 0 unspecified atom stereocenters. The standard InChI is InChI=1S/C16H18N6O4S2/c1-11-8-12(2)19-16(18-11)21-27(23,24)14-6-4-13(5-7-14)20-28(25,26)15-9-22(3)10-17-15/h4-10,20H,1-3H3,(H,18,19,21). The SMILES string of the molecule is Cc1cc(C)nc(NS(=O)(=O)c2ccc(NS(=O)(=O)c3cn(C)cn3)cc2)n1. The Labute approximate surface area is 162 Å². The number of nitrogens with zero attached hydrogens (tertiary/aromatic N) is 4. The molecule has 0 atom stereocenters. The molecule has 148 valence electrons. The molecule has 0 bridgehead atoms. The minimum absolute atomic E-state index is 0.0302. The maximum atomic E-state index is 12.5. The molecule has 0 aliphatic heterocycles.